The topological polar surface area (TPSA) is 112 Å². The molecule has 25 heavy (non-hydrogen) atoms. The summed E-state index contributed by atoms with van der Waals surface area (Å²) in [5, 5.41) is 25.5. The number of carboxylic acids is 1. The lowest BCUT2D eigenvalue weighted by molar-refractivity contribution is -0.137. The molecular formula is C18H42O6S. The average Bonchev–Trinajstić information content (AvgIpc) is 2.24. The van der Waals surface area contributed by atoms with E-state index in [0.29, 0.717) is 12.2 Å². The van der Waals surface area contributed by atoms with Crippen LogP contribution in [0.2, 0.25) is 0 Å². The van der Waals surface area contributed by atoms with E-state index in [0.717, 1.165) is 25.7 Å². The maximum atomic E-state index is 10.2. The Morgan fingerprint density at radius 3 is 1.24 bits per heavy atom. The van der Waals surface area contributed by atoms with Crippen molar-refractivity contribution in [3.63, 3.8) is 0 Å². The minimum absolute atomic E-state index is 0.292. The highest BCUT2D eigenvalue weighted by Gasteiger charge is 2.08. The third kappa shape index (κ3) is 99.4. The molecule has 6 nitrogen and oxygen atoms in total. The lowest BCUT2D eigenvalue weighted by atomic mass is 10.0. The molecule has 0 atom stereocenters. The zero-order valence-corrected chi connectivity index (χ0v) is 18.5. The second kappa shape index (κ2) is 16.8. The Bertz CT molecular complexity index is 383. The number of hydrogen-bond acceptors (Lipinski definition) is 5. The van der Waals surface area contributed by atoms with E-state index in [2.05, 4.69) is 6.92 Å². The van der Waals surface area contributed by atoms with Crippen LogP contribution in [0, 0.1) is 0 Å². The molecule has 0 aliphatic heterocycles. The molecule has 3 N–H and O–H groups in total. The number of aliphatic carboxylic acids is 1. The quantitative estimate of drug-likeness (QED) is 0.642. The van der Waals surface area contributed by atoms with Crippen molar-refractivity contribution in [1.82, 2.24) is 0 Å². The predicted molar refractivity (Wildman–Crippen MR) is 106 cm³/mol. The van der Waals surface area contributed by atoms with Crippen LogP contribution in [0.4, 0.5) is 0 Å². The molecule has 0 aromatic rings. The molecule has 0 spiro atoms. The van der Waals surface area contributed by atoms with E-state index in [1.165, 1.54) is 6.26 Å². The van der Waals surface area contributed by atoms with Crippen LogP contribution in [0.15, 0.2) is 0 Å². The Kier molecular flexibility index (Phi) is 21.5. The van der Waals surface area contributed by atoms with Gasteiger partial charge in [0.25, 0.3) is 0 Å². The third-order valence-electron chi connectivity index (χ3n) is 1.90. The number of aliphatic hydroxyl groups is 2. The van der Waals surface area contributed by atoms with Gasteiger partial charge in [0.05, 0.1) is 11.2 Å². The average molecular weight is 387 g/mol. The Balaban J connectivity index is -0.000000119. The molecule has 0 saturated heterocycles. The molecule has 0 radical (unpaired) electrons. The zero-order valence-electron chi connectivity index (χ0n) is 17.7. The van der Waals surface area contributed by atoms with Crippen molar-refractivity contribution in [3.8, 4) is 0 Å². The molecule has 0 unspecified atom stereocenters. The molecule has 0 rings (SSSR count). The van der Waals surface area contributed by atoms with Crippen LogP contribution in [0.25, 0.3) is 0 Å². The first-order valence-electron chi connectivity index (χ1n) is 8.73. The van der Waals surface area contributed by atoms with Crippen LogP contribution in [0.5, 0.6) is 0 Å². The van der Waals surface area contributed by atoms with Gasteiger partial charge in [-0.3, -0.25) is 4.79 Å². The summed E-state index contributed by atoms with van der Waals surface area (Å²) in [5.41, 5.74) is -0.950. The van der Waals surface area contributed by atoms with Crippen LogP contribution in [-0.2, 0) is 14.6 Å². The minimum Gasteiger partial charge on any atom is -0.481 e. The number of carboxylic acid groups (broad SMARTS) is 1. The smallest absolute Gasteiger partial charge is 0.303 e. The monoisotopic (exact) mass is 386 g/mol. The Labute approximate surface area is 155 Å². The van der Waals surface area contributed by atoms with E-state index in [1.54, 1.807) is 20.8 Å². The third-order valence-corrected chi connectivity index (χ3v) is 3.05. The fraction of sp³-hybridized carbons (Fsp3) is 0.944. The molecule has 0 aliphatic rings. The van der Waals surface area contributed by atoms with Gasteiger partial charge in [0.1, 0.15) is 9.84 Å². The van der Waals surface area contributed by atoms with Crippen LogP contribution >= 0.6 is 0 Å². The van der Waals surface area contributed by atoms with Crippen molar-refractivity contribution in [2.24, 2.45) is 0 Å². The van der Waals surface area contributed by atoms with Gasteiger partial charge >= 0.3 is 5.97 Å². The number of hydrogen-bond donors (Lipinski definition) is 3. The second-order valence-electron chi connectivity index (χ2n) is 7.51. The van der Waals surface area contributed by atoms with E-state index in [-0.39, 0.29) is 0 Å². The van der Waals surface area contributed by atoms with Crippen molar-refractivity contribution in [3.05, 3.63) is 0 Å². The number of rotatable bonds is 6. The van der Waals surface area contributed by atoms with Gasteiger partial charge < -0.3 is 15.3 Å². The minimum atomic E-state index is -2.67. The summed E-state index contributed by atoms with van der Waals surface area (Å²) >= 11 is 0. The maximum absolute atomic E-state index is 10.2. The van der Waals surface area contributed by atoms with E-state index in [4.69, 9.17) is 15.3 Å². The normalized spacial score (nSPS) is 11.0. The highest BCUT2D eigenvalue weighted by atomic mass is 32.2. The zero-order chi connectivity index (χ0) is 21.3. The lowest BCUT2D eigenvalue weighted by Crippen LogP contribution is -2.16. The van der Waals surface area contributed by atoms with Gasteiger partial charge in [-0.05, 0) is 53.9 Å². The maximum Gasteiger partial charge on any atom is 0.303 e. The molecule has 0 aromatic carbocycles. The molecule has 156 valence electrons. The van der Waals surface area contributed by atoms with Gasteiger partial charge in [-0.1, -0.05) is 27.2 Å². The van der Waals surface area contributed by atoms with Crippen LogP contribution in [0.1, 0.15) is 87.5 Å². The van der Waals surface area contributed by atoms with Gasteiger partial charge in [0.2, 0.25) is 0 Å². The molecule has 0 fully saturated rings. The highest BCUT2D eigenvalue weighted by molar-refractivity contribution is 7.90. The largest absolute Gasteiger partial charge is 0.481 e. The summed E-state index contributed by atoms with van der Waals surface area (Å²) < 4.78 is 20.5. The van der Waals surface area contributed by atoms with Crippen molar-refractivity contribution < 1.29 is 28.5 Å². The SMILES string of the molecule is CC(C)(C)O.CCCC(=O)O.CCCC(C)(C)O.CCCS(C)(=O)=O. The second-order valence-corrected chi connectivity index (χ2v) is 9.77. The van der Waals surface area contributed by atoms with E-state index >= 15 is 0 Å². The van der Waals surface area contributed by atoms with Crippen molar-refractivity contribution >= 4 is 15.8 Å². The first-order valence-corrected chi connectivity index (χ1v) is 10.8. The fourth-order valence-electron chi connectivity index (χ4n) is 1.20. The summed E-state index contributed by atoms with van der Waals surface area (Å²) in [6.07, 6.45) is 4.95. The van der Waals surface area contributed by atoms with E-state index in [9.17, 15) is 13.2 Å². The lowest BCUT2D eigenvalue weighted by Gasteiger charge is -2.14. The molecule has 0 heterocycles. The molecule has 0 aromatic heterocycles. The van der Waals surface area contributed by atoms with Crippen LogP contribution in [-0.4, -0.2) is 52.9 Å². The van der Waals surface area contributed by atoms with E-state index < -0.39 is 27.0 Å². The Morgan fingerprint density at radius 1 is 0.880 bits per heavy atom. The molecule has 0 saturated carbocycles. The van der Waals surface area contributed by atoms with Gasteiger partial charge in [-0.2, -0.15) is 0 Å². The van der Waals surface area contributed by atoms with E-state index in [1.807, 2.05) is 27.7 Å². The Morgan fingerprint density at radius 2 is 1.24 bits per heavy atom. The summed E-state index contributed by atoms with van der Waals surface area (Å²) in [4.78, 5) is 9.60. The molecular weight excluding hydrogens is 344 g/mol. The standard InChI is InChI=1S/C6H14O.C4H10O2S.C4H8O2.C4H10O/c1-4-5-6(2,3)7;1-3-4-7(2,5)6;1-2-3-4(5)6;1-4(2,3)5/h7H,4-5H2,1-3H3;3-4H2,1-2H3;2-3H2,1H3,(H,5,6);5H,1-3H3. The first-order chi connectivity index (χ1) is 10.9. The van der Waals surface area contributed by atoms with Crippen LogP contribution in [0.3, 0.4) is 0 Å². The van der Waals surface area contributed by atoms with Crippen molar-refractivity contribution in [2.45, 2.75) is 98.7 Å². The number of carbonyl (C=O) groups is 1. The van der Waals surface area contributed by atoms with Gasteiger partial charge in [0, 0.05) is 18.4 Å². The fourth-order valence-corrected chi connectivity index (χ4v) is 1.94. The summed E-state index contributed by atoms with van der Waals surface area (Å²) in [6.45, 7) is 14.6. The molecule has 0 bridgehead atoms. The Hall–Kier alpha value is -0.660. The van der Waals surface area contributed by atoms with Gasteiger partial charge in [-0.15, -0.1) is 0 Å². The number of sulfone groups is 1. The summed E-state index contributed by atoms with van der Waals surface area (Å²) in [6, 6.07) is 0. The first kappa shape index (κ1) is 32.0. The summed E-state index contributed by atoms with van der Waals surface area (Å²) in [5.74, 6) is -0.398. The van der Waals surface area contributed by atoms with Crippen molar-refractivity contribution in [1.29, 1.82) is 0 Å². The summed E-state index contributed by atoms with van der Waals surface area (Å²) in [7, 11) is -2.67. The van der Waals surface area contributed by atoms with Gasteiger partial charge in [-0.25, -0.2) is 8.42 Å². The van der Waals surface area contributed by atoms with Gasteiger partial charge in [0.15, 0.2) is 0 Å². The highest BCUT2D eigenvalue weighted by Crippen LogP contribution is 2.08. The molecule has 0 aliphatic carbocycles. The van der Waals surface area contributed by atoms with Crippen molar-refractivity contribution in [2.75, 3.05) is 12.0 Å². The van der Waals surface area contributed by atoms with Crippen LogP contribution < -0.4 is 0 Å². The molecule has 7 heteroatoms. The molecule has 0 amide bonds. The predicted octanol–water partition coefficient (Wildman–Crippen LogP) is 3.65.